The number of hydrogen-bond acceptors (Lipinski definition) is 2. The van der Waals surface area contributed by atoms with Crippen LogP contribution in [0.5, 0.6) is 0 Å². The average molecular weight is 167 g/mol. The van der Waals surface area contributed by atoms with Crippen molar-refractivity contribution in [2.75, 3.05) is 26.3 Å². The van der Waals surface area contributed by atoms with Gasteiger partial charge in [-0.2, -0.15) is 0 Å². The number of ether oxygens (including phenoxy) is 1. The predicted octanol–water partition coefficient (Wildman–Crippen LogP) is 1.12. The molecule has 0 aromatic carbocycles. The maximum Gasteiger partial charge on any atom is 0.0520 e. The highest BCUT2D eigenvalue weighted by Crippen LogP contribution is 2.46. The molecule has 3 fully saturated rings. The molecule has 0 aromatic heterocycles. The van der Waals surface area contributed by atoms with E-state index in [2.05, 4.69) is 11.8 Å². The maximum atomic E-state index is 5.21. The highest BCUT2D eigenvalue weighted by molar-refractivity contribution is 5.05. The molecule has 0 radical (unpaired) electrons. The van der Waals surface area contributed by atoms with Gasteiger partial charge in [0.2, 0.25) is 0 Å². The summed E-state index contributed by atoms with van der Waals surface area (Å²) in [5, 5.41) is 0. The van der Waals surface area contributed by atoms with E-state index in [0.717, 1.165) is 25.0 Å². The van der Waals surface area contributed by atoms with Gasteiger partial charge in [0.25, 0.3) is 0 Å². The van der Waals surface area contributed by atoms with Gasteiger partial charge in [-0.25, -0.2) is 0 Å². The van der Waals surface area contributed by atoms with Crippen LogP contribution in [0.3, 0.4) is 0 Å². The van der Waals surface area contributed by atoms with Crippen molar-refractivity contribution in [2.24, 2.45) is 11.8 Å². The molecule has 0 aromatic rings. The molecule has 0 amide bonds. The van der Waals surface area contributed by atoms with Gasteiger partial charge >= 0.3 is 0 Å². The lowest BCUT2D eigenvalue weighted by molar-refractivity contribution is -0.108. The monoisotopic (exact) mass is 167 g/mol. The van der Waals surface area contributed by atoms with Crippen LogP contribution in [0, 0.1) is 11.8 Å². The Hall–Kier alpha value is -0.0800. The van der Waals surface area contributed by atoms with E-state index in [1.807, 2.05) is 0 Å². The van der Waals surface area contributed by atoms with Crippen molar-refractivity contribution in [1.82, 2.24) is 4.90 Å². The summed E-state index contributed by atoms with van der Waals surface area (Å²) in [6.45, 7) is 7.18. The van der Waals surface area contributed by atoms with Crippen LogP contribution < -0.4 is 0 Å². The molecule has 0 spiro atoms. The summed E-state index contributed by atoms with van der Waals surface area (Å²) < 4.78 is 5.21. The molecule has 0 atom stereocenters. The normalized spacial score (nSPS) is 35.8. The summed E-state index contributed by atoms with van der Waals surface area (Å²) in [7, 11) is 0. The minimum Gasteiger partial charge on any atom is -0.381 e. The lowest BCUT2D eigenvalue weighted by Crippen LogP contribution is -2.58. The fourth-order valence-corrected chi connectivity index (χ4v) is 2.27. The second-order valence-electron chi connectivity index (χ2n) is 4.96. The molecule has 0 N–H and O–H groups in total. The first-order valence-corrected chi connectivity index (χ1v) is 5.11. The Morgan fingerprint density at radius 2 is 1.83 bits per heavy atom. The number of likely N-dealkylation sites (tertiary alicyclic amines) is 1. The van der Waals surface area contributed by atoms with Crippen molar-refractivity contribution >= 4 is 0 Å². The first-order chi connectivity index (χ1) is 5.78. The zero-order valence-corrected chi connectivity index (χ0v) is 7.75. The largest absolute Gasteiger partial charge is 0.381 e. The van der Waals surface area contributed by atoms with Crippen LogP contribution in [-0.4, -0.2) is 36.7 Å². The van der Waals surface area contributed by atoms with Gasteiger partial charge in [0.05, 0.1) is 13.2 Å². The molecular weight excluding hydrogens is 150 g/mol. The molecule has 2 heterocycles. The smallest absolute Gasteiger partial charge is 0.0520 e. The Morgan fingerprint density at radius 1 is 1.17 bits per heavy atom. The molecule has 2 aliphatic heterocycles. The zero-order chi connectivity index (χ0) is 8.18. The summed E-state index contributed by atoms with van der Waals surface area (Å²) in [6.07, 6.45) is 2.86. The molecule has 2 heteroatoms. The Morgan fingerprint density at radius 3 is 2.25 bits per heavy atom. The van der Waals surface area contributed by atoms with Crippen LogP contribution in [-0.2, 0) is 4.74 Å². The Labute approximate surface area is 73.9 Å². The number of hydrogen-bond donors (Lipinski definition) is 0. The molecule has 0 bridgehead atoms. The van der Waals surface area contributed by atoms with Gasteiger partial charge in [0.1, 0.15) is 0 Å². The molecule has 3 rings (SSSR count). The summed E-state index contributed by atoms with van der Waals surface area (Å²) in [6, 6.07) is 0. The van der Waals surface area contributed by atoms with E-state index >= 15 is 0 Å². The minimum atomic E-state index is 0.626. The van der Waals surface area contributed by atoms with Crippen molar-refractivity contribution in [1.29, 1.82) is 0 Å². The topological polar surface area (TPSA) is 12.5 Å². The molecule has 2 nitrogen and oxygen atoms in total. The molecule has 3 aliphatic rings. The SMILES string of the molecule is CC1(N2CC(C3COC3)C2)CC1. The number of rotatable bonds is 2. The van der Waals surface area contributed by atoms with Gasteiger partial charge in [0.15, 0.2) is 0 Å². The van der Waals surface area contributed by atoms with E-state index in [1.165, 1.54) is 25.9 Å². The fourth-order valence-electron chi connectivity index (χ4n) is 2.27. The van der Waals surface area contributed by atoms with E-state index in [4.69, 9.17) is 4.74 Å². The van der Waals surface area contributed by atoms with Crippen molar-refractivity contribution in [3.8, 4) is 0 Å². The Balaban J connectivity index is 1.51. The average Bonchev–Trinajstić information content (AvgIpc) is 2.53. The maximum absolute atomic E-state index is 5.21. The minimum absolute atomic E-state index is 0.626. The standard InChI is InChI=1S/C10H17NO/c1-10(2-3-10)11-4-8(5-11)9-6-12-7-9/h8-9H,2-7H2,1H3. The Bertz CT molecular complexity index is 190. The first kappa shape index (κ1) is 7.34. The molecule has 0 unspecified atom stereocenters. The van der Waals surface area contributed by atoms with E-state index in [9.17, 15) is 0 Å². The van der Waals surface area contributed by atoms with Crippen LogP contribution in [0.1, 0.15) is 19.8 Å². The zero-order valence-electron chi connectivity index (χ0n) is 7.75. The molecule has 2 saturated heterocycles. The molecule has 68 valence electrons. The van der Waals surface area contributed by atoms with Crippen LogP contribution in [0.4, 0.5) is 0 Å². The molecular formula is C10H17NO. The molecule has 1 saturated carbocycles. The summed E-state index contributed by atoms with van der Waals surface area (Å²) in [4.78, 5) is 2.66. The first-order valence-electron chi connectivity index (χ1n) is 5.11. The van der Waals surface area contributed by atoms with E-state index in [-0.39, 0.29) is 0 Å². The Kier molecular flexibility index (Phi) is 1.37. The van der Waals surface area contributed by atoms with Crippen LogP contribution >= 0.6 is 0 Å². The quantitative estimate of drug-likeness (QED) is 0.611. The second-order valence-corrected chi connectivity index (χ2v) is 4.96. The lowest BCUT2D eigenvalue weighted by Gasteiger charge is -2.49. The van der Waals surface area contributed by atoms with E-state index in [1.54, 1.807) is 0 Å². The lowest BCUT2D eigenvalue weighted by atomic mass is 9.83. The summed E-state index contributed by atoms with van der Waals surface area (Å²) in [5.41, 5.74) is 0.626. The third kappa shape index (κ3) is 0.944. The van der Waals surface area contributed by atoms with Crippen LogP contribution in [0.25, 0.3) is 0 Å². The van der Waals surface area contributed by atoms with Gasteiger partial charge in [-0.1, -0.05) is 0 Å². The van der Waals surface area contributed by atoms with Crippen molar-refractivity contribution in [2.45, 2.75) is 25.3 Å². The van der Waals surface area contributed by atoms with Crippen molar-refractivity contribution < 1.29 is 4.74 Å². The summed E-state index contributed by atoms with van der Waals surface area (Å²) >= 11 is 0. The molecule has 12 heavy (non-hydrogen) atoms. The van der Waals surface area contributed by atoms with Gasteiger partial charge in [0, 0.05) is 24.5 Å². The van der Waals surface area contributed by atoms with Crippen molar-refractivity contribution in [3.05, 3.63) is 0 Å². The number of nitrogens with zero attached hydrogens (tertiary/aromatic N) is 1. The van der Waals surface area contributed by atoms with E-state index in [0.29, 0.717) is 5.54 Å². The fraction of sp³-hybridized carbons (Fsp3) is 1.00. The van der Waals surface area contributed by atoms with Crippen molar-refractivity contribution in [3.63, 3.8) is 0 Å². The van der Waals surface area contributed by atoms with Crippen LogP contribution in [0.15, 0.2) is 0 Å². The highest BCUT2D eigenvalue weighted by atomic mass is 16.5. The van der Waals surface area contributed by atoms with Gasteiger partial charge in [-0.3, -0.25) is 4.90 Å². The second kappa shape index (κ2) is 2.24. The van der Waals surface area contributed by atoms with Gasteiger partial charge < -0.3 is 4.74 Å². The predicted molar refractivity (Wildman–Crippen MR) is 47.0 cm³/mol. The third-order valence-electron chi connectivity index (χ3n) is 3.98. The van der Waals surface area contributed by atoms with E-state index < -0.39 is 0 Å². The molecule has 1 aliphatic carbocycles. The highest BCUT2D eigenvalue weighted by Gasteiger charge is 2.50. The van der Waals surface area contributed by atoms with Crippen LogP contribution in [0.2, 0.25) is 0 Å². The van der Waals surface area contributed by atoms with Gasteiger partial charge in [-0.05, 0) is 25.7 Å². The summed E-state index contributed by atoms with van der Waals surface area (Å²) in [5.74, 6) is 1.87. The third-order valence-corrected chi connectivity index (χ3v) is 3.98. The van der Waals surface area contributed by atoms with Gasteiger partial charge in [-0.15, -0.1) is 0 Å².